The number of nitrogens with two attached hydrogens (primary N) is 1. The first-order valence-electron chi connectivity index (χ1n) is 6.78. The third kappa shape index (κ3) is 3.49. The minimum Gasteiger partial charge on any atom is -0.493 e. The van der Waals surface area contributed by atoms with E-state index in [1.54, 1.807) is 14.2 Å². The number of aromatic nitrogens is 2. The Hall–Kier alpha value is -2.70. The second-order valence-corrected chi connectivity index (χ2v) is 4.51. The van der Waals surface area contributed by atoms with Gasteiger partial charge in [-0.2, -0.15) is 4.98 Å². The molecule has 0 amide bonds. The standard InChI is InChI=1S/C15H20N4O3/c1-20-11-5-4-10(8-12(11)21-2)6-7-17-14-13(16)15(22-3)19-9-18-14/h4-5,8-9H,6-7,16H2,1-3H3,(H,17,18,19). The van der Waals surface area contributed by atoms with Crippen molar-refractivity contribution in [1.82, 2.24) is 9.97 Å². The fourth-order valence-corrected chi connectivity index (χ4v) is 2.04. The number of rotatable bonds is 7. The van der Waals surface area contributed by atoms with Gasteiger partial charge in [-0.15, -0.1) is 0 Å². The maximum atomic E-state index is 5.91. The monoisotopic (exact) mass is 304 g/mol. The Kier molecular flexibility index (Phi) is 5.24. The van der Waals surface area contributed by atoms with Crippen molar-refractivity contribution < 1.29 is 14.2 Å². The smallest absolute Gasteiger partial charge is 0.242 e. The Morgan fingerprint density at radius 1 is 1.05 bits per heavy atom. The molecule has 1 aromatic carbocycles. The number of hydrogen-bond donors (Lipinski definition) is 2. The molecule has 0 aliphatic rings. The Labute approximate surface area is 129 Å². The summed E-state index contributed by atoms with van der Waals surface area (Å²) in [5.74, 6) is 2.35. The SMILES string of the molecule is COc1ccc(CCNc2ncnc(OC)c2N)cc1OC. The molecule has 2 rings (SSSR count). The van der Waals surface area contributed by atoms with E-state index in [4.69, 9.17) is 19.9 Å². The van der Waals surface area contributed by atoms with Crippen LogP contribution >= 0.6 is 0 Å². The van der Waals surface area contributed by atoms with Crippen LogP contribution in [0.4, 0.5) is 11.5 Å². The molecule has 0 bridgehead atoms. The van der Waals surface area contributed by atoms with E-state index >= 15 is 0 Å². The van der Waals surface area contributed by atoms with E-state index in [1.807, 2.05) is 18.2 Å². The van der Waals surface area contributed by atoms with Crippen molar-refractivity contribution in [1.29, 1.82) is 0 Å². The predicted molar refractivity (Wildman–Crippen MR) is 84.7 cm³/mol. The second kappa shape index (κ2) is 7.35. The molecule has 7 heteroatoms. The third-order valence-electron chi connectivity index (χ3n) is 3.19. The van der Waals surface area contributed by atoms with Crippen LogP contribution in [0.2, 0.25) is 0 Å². The van der Waals surface area contributed by atoms with Gasteiger partial charge in [0.1, 0.15) is 12.0 Å². The number of nitrogens with zero attached hydrogens (tertiary/aromatic N) is 2. The van der Waals surface area contributed by atoms with Crippen molar-refractivity contribution in [2.75, 3.05) is 38.9 Å². The Morgan fingerprint density at radius 3 is 2.50 bits per heavy atom. The summed E-state index contributed by atoms with van der Waals surface area (Å²) in [6, 6.07) is 5.83. The van der Waals surface area contributed by atoms with Gasteiger partial charge in [-0.1, -0.05) is 6.07 Å². The molecule has 0 saturated heterocycles. The number of methoxy groups -OCH3 is 3. The average molecular weight is 304 g/mol. The molecule has 0 fully saturated rings. The van der Waals surface area contributed by atoms with Crippen molar-refractivity contribution >= 4 is 11.5 Å². The van der Waals surface area contributed by atoms with Gasteiger partial charge in [0.25, 0.3) is 0 Å². The average Bonchev–Trinajstić information content (AvgIpc) is 2.56. The minimum atomic E-state index is 0.364. The first kappa shape index (κ1) is 15.7. The van der Waals surface area contributed by atoms with Crippen LogP contribution in [0.1, 0.15) is 5.56 Å². The largest absolute Gasteiger partial charge is 0.493 e. The molecular weight excluding hydrogens is 284 g/mol. The molecule has 1 heterocycles. The molecule has 118 valence electrons. The molecule has 0 atom stereocenters. The van der Waals surface area contributed by atoms with Gasteiger partial charge in [0.05, 0.1) is 21.3 Å². The van der Waals surface area contributed by atoms with E-state index < -0.39 is 0 Å². The van der Waals surface area contributed by atoms with Crippen molar-refractivity contribution in [3.63, 3.8) is 0 Å². The maximum absolute atomic E-state index is 5.91. The highest BCUT2D eigenvalue weighted by molar-refractivity contribution is 5.66. The first-order valence-corrected chi connectivity index (χ1v) is 6.78. The molecule has 3 N–H and O–H groups in total. The molecular formula is C15H20N4O3. The van der Waals surface area contributed by atoms with E-state index in [0.717, 1.165) is 12.0 Å². The maximum Gasteiger partial charge on any atom is 0.242 e. The van der Waals surface area contributed by atoms with Crippen molar-refractivity contribution in [3.05, 3.63) is 30.1 Å². The highest BCUT2D eigenvalue weighted by Crippen LogP contribution is 2.28. The highest BCUT2D eigenvalue weighted by atomic mass is 16.5. The predicted octanol–water partition coefficient (Wildman–Crippen LogP) is 1.74. The Balaban J connectivity index is 1.99. The summed E-state index contributed by atoms with van der Waals surface area (Å²) < 4.78 is 15.6. The van der Waals surface area contributed by atoms with E-state index in [-0.39, 0.29) is 0 Å². The molecule has 2 aromatic rings. The van der Waals surface area contributed by atoms with Crippen molar-refractivity contribution in [2.45, 2.75) is 6.42 Å². The second-order valence-electron chi connectivity index (χ2n) is 4.51. The summed E-state index contributed by atoms with van der Waals surface area (Å²) in [5, 5.41) is 3.17. The quantitative estimate of drug-likeness (QED) is 0.805. The number of nitrogens with one attached hydrogen (secondary N) is 1. The van der Waals surface area contributed by atoms with Crippen LogP contribution in [0.5, 0.6) is 17.4 Å². The van der Waals surface area contributed by atoms with Crippen LogP contribution in [-0.2, 0) is 6.42 Å². The van der Waals surface area contributed by atoms with Crippen molar-refractivity contribution in [3.8, 4) is 17.4 Å². The first-order chi connectivity index (χ1) is 10.7. The molecule has 0 aliphatic heterocycles. The summed E-state index contributed by atoms with van der Waals surface area (Å²) >= 11 is 0. The van der Waals surface area contributed by atoms with Gasteiger partial charge in [0, 0.05) is 6.54 Å². The zero-order chi connectivity index (χ0) is 15.9. The van der Waals surface area contributed by atoms with Gasteiger partial charge in [-0.05, 0) is 24.1 Å². The summed E-state index contributed by atoms with van der Waals surface area (Å²) in [5.41, 5.74) is 7.42. The van der Waals surface area contributed by atoms with Crippen LogP contribution < -0.4 is 25.3 Å². The minimum absolute atomic E-state index is 0.364. The Bertz CT molecular complexity index is 634. The molecule has 0 radical (unpaired) electrons. The number of ether oxygens (including phenoxy) is 3. The summed E-state index contributed by atoms with van der Waals surface area (Å²) in [6.45, 7) is 0.667. The van der Waals surface area contributed by atoms with Crippen LogP contribution in [0.15, 0.2) is 24.5 Å². The van der Waals surface area contributed by atoms with E-state index in [9.17, 15) is 0 Å². The summed E-state index contributed by atoms with van der Waals surface area (Å²) in [7, 11) is 4.75. The van der Waals surface area contributed by atoms with Crippen molar-refractivity contribution in [2.24, 2.45) is 0 Å². The molecule has 7 nitrogen and oxygen atoms in total. The summed E-state index contributed by atoms with van der Waals surface area (Å²) in [6.07, 6.45) is 2.19. The lowest BCUT2D eigenvalue weighted by atomic mass is 10.1. The molecule has 0 spiro atoms. The lowest BCUT2D eigenvalue weighted by Gasteiger charge is -2.11. The number of nitrogen functional groups attached to an aromatic ring is 1. The lowest BCUT2D eigenvalue weighted by molar-refractivity contribution is 0.354. The Morgan fingerprint density at radius 2 is 1.82 bits per heavy atom. The van der Waals surface area contributed by atoms with E-state index in [1.165, 1.54) is 13.4 Å². The van der Waals surface area contributed by atoms with Gasteiger partial charge < -0.3 is 25.3 Å². The number of benzene rings is 1. The molecule has 22 heavy (non-hydrogen) atoms. The van der Waals surface area contributed by atoms with Gasteiger partial charge in [-0.25, -0.2) is 4.98 Å². The van der Waals surface area contributed by atoms with Gasteiger partial charge in [0.15, 0.2) is 17.3 Å². The fourth-order valence-electron chi connectivity index (χ4n) is 2.04. The molecule has 0 aliphatic carbocycles. The summed E-state index contributed by atoms with van der Waals surface area (Å²) in [4.78, 5) is 8.04. The molecule has 0 unspecified atom stereocenters. The number of hydrogen-bond acceptors (Lipinski definition) is 7. The van der Waals surface area contributed by atoms with E-state index in [0.29, 0.717) is 35.4 Å². The normalized spacial score (nSPS) is 10.1. The lowest BCUT2D eigenvalue weighted by Crippen LogP contribution is -2.10. The zero-order valence-electron chi connectivity index (χ0n) is 12.9. The topological polar surface area (TPSA) is 91.5 Å². The molecule has 0 saturated carbocycles. The van der Waals surface area contributed by atoms with Gasteiger partial charge >= 0.3 is 0 Å². The van der Waals surface area contributed by atoms with Crippen LogP contribution in [0.3, 0.4) is 0 Å². The van der Waals surface area contributed by atoms with Gasteiger partial charge in [-0.3, -0.25) is 0 Å². The van der Waals surface area contributed by atoms with Crippen LogP contribution in [0, 0.1) is 0 Å². The van der Waals surface area contributed by atoms with E-state index in [2.05, 4.69) is 15.3 Å². The number of anilines is 2. The highest BCUT2D eigenvalue weighted by Gasteiger charge is 2.08. The zero-order valence-corrected chi connectivity index (χ0v) is 12.9. The van der Waals surface area contributed by atoms with Crippen LogP contribution in [-0.4, -0.2) is 37.8 Å². The van der Waals surface area contributed by atoms with Crippen LogP contribution in [0.25, 0.3) is 0 Å². The molecule has 1 aromatic heterocycles. The third-order valence-corrected chi connectivity index (χ3v) is 3.19. The fraction of sp³-hybridized carbons (Fsp3) is 0.333. The van der Waals surface area contributed by atoms with Gasteiger partial charge in [0.2, 0.25) is 5.88 Å².